The van der Waals surface area contributed by atoms with E-state index in [1.54, 1.807) is 7.11 Å². The Morgan fingerprint density at radius 3 is 2.76 bits per heavy atom. The van der Waals surface area contributed by atoms with Crippen LogP contribution in [0.5, 0.6) is 11.5 Å². The van der Waals surface area contributed by atoms with E-state index < -0.39 is 0 Å². The molecule has 1 aliphatic carbocycles. The van der Waals surface area contributed by atoms with E-state index in [1.165, 1.54) is 12.8 Å². The zero-order chi connectivity index (χ0) is 20.5. The van der Waals surface area contributed by atoms with Crippen molar-refractivity contribution in [1.29, 1.82) is 0 Å². The molecule has 0 radical (unpaired) electrons. The number of likely N-dealkylation sites (tertiary alicyclic amines) is 1. The predicted molar refractivity (Wildman–Crippen MR) is 117 cm³/mol. The first-order chi connectivity index (χ1) is 14.2. The van der Waals surface area contributed by atoms with Gasteiger partial charge in [-0.1, -0.05) is 0 Å². The second-order valence-electron chi connectivity index (χ2n) is 7.93. The van der Waals surface area contributed by atoms with E-state index in [4.69, 9.17) is 19.2 Å². The smallest absolute Gasteiger partial charge is 0.194 e. The van der Waals surface area contributed by atoms with Crippen molar-refractivity contribution in [2.75, 3.05) is 40.0 Å². The molecule has 162 valence electrons. The molecule has 0 aromatic heterocycles. The first kappa shape index (κ1) is 21.8. The van der Waals surface area contributed by atoms with Gasteiger partial charge in [0.1, 0.15) is 11.5 Å². The second-order valence-corrected chi connectivity index (χ2v) is 7.93. The summed E-state index contributed by atoms with van der Waals surface area (Å²) in [4.78, 5) is 7.30. The van der Waals surface area contributed by atoms with E-state index in [0.29, 0.717) is 18.6 Å². The number of guanidine groups is 1. The fourth-order valence-corrected chi connectivity index (χ4v) is 4.12. The van der Waals surface area contributed by atoms with Crippen LogP contribution in [-0.4, -0.2) is 56.9 Å². The standard InChI is InChI=1S/C23H37N3O3/c1-4-24-23(26-13-12-18(16-26)17-28-5-2)25-15-19-10-11-21(27-3)14-22(19)29-20-8-6-7-9-20/h10-11,14,18,20H,4-9,12-13,15-17H2,1-3H3,(H,24,25). The van der Waals surface area contributed by atoms with E-state index in [-0.39, 0.29) is 0 Å². The van der Waals surface area contributed by atoms with Crippen LogP contribution in [0.15, 0.2) is 23.2 Å². The predicted octanol–water partition coefficient (Wildman–Crippen LogP) is 3.84. The molecule has 1 aromatic rings. The quantitative estimate of drug-likeness (QED) is 0.501. The molecule has 1 saturated heterocycles. The average molecular weight is 404 g/mol. The number of nitrogens with zero attached hydrogens (tertiary/aromatic N) is 2. The van der Waals surface area contributed by atoms with Crippen LogP contribution in [0.25, 0.3) is 0 Å². The minimum Gasteiger partial charge on any atom is -0.497 e. The largest absolute Gasteiger partial charge is 0.497 e. The van der Waals surface area contributed by atoms with Gasteiger partial charge in [-0.15, -0.1) is 0 Å². The van der Waals surface area contributed by atoms with Crippen LogP contribution in [0.4, 0.5) is 0 Å². The van der Waals surface area contributed by atoms with Crippen LogP contribution < -0.4 is 14.8 Å². The van der Waals surface area contributed by atoms with Crippen molar-refractivity contribution in [1.82, 2.24) is 10.2 Å². The number of ether oxygens (including phenoxy) is 3. The van der Waals surface area contributed by atoms with Crippen LogP contribution in [0, 0.1) is 5.92 Å². The summed E-state index contributed by atoms with van der Waals surface area (Å²) in [5.74, 6) is 3.30. The summed E-state index contributed by atoms with van der Waals surface area (Å²) >= 11 is 0. The van der Waals surface area contributed by atoms with Gasteiger partial charge >= 0.3 is 0 Å². The maximum absolute atomic E-state index is 6.33. The lowest BCUT2D eigenvalue weighted by atomic mass is 10.1. The molecule has 29 heavy (non-hydrogen) atoms. The van der Waals surface area contributed by atoms with Gasteiger partial charge in [-0.3, -0.25) is 0 Å². The summed E-state index contributed by atoms with van der Waals surface area (Å²) in [6.07, 6.45) is 6.25. The summed E-state index contributed by atoms with van der Waals surface area (Å²) in [6.45, 7) is 9.28. The average Bonchev–Trinajstić information content (AvgIpc) is 3.42. The highest BCUT2D eigenvalue weighted by molar-refractivity contribution is 5.80. The Labute approximate surface area is 175 Å². The molecule has 1 heterocycles. The Morgan fingerprint density at radius 2 is 2.03 bits per heavy atom. The Hall–Kier alpha value is -1.95. The summed E-state index contributed by atoms with van der Waals surface area (Å²) in [6, 6.07) is 6.08. The summed E-state index contributed by atoms with van der Waals surface area (Å²) in [5, 5.41) is 3.46. The van der Waals surface area contributed by atoms with Gasteiger partial charge in [-0.25, -0.2) is 4.99 Å². The van der Waals surface area contributed by atoms with Crippen molar-refractivity contribution in [2.45, 2.75) is 58.6 Å². The molecule has 1 N–H and O–H groups in total. The maximum atomic E-state index is 6.33. The minimum atomic E-state index is 0.316. The number of benzene rings is 1. The third-order valence-electron chi connectivity index (χ3n) is 5.75. The zero-order valence-electron chi connectivity index (χ0n) is 18.3. The van der Waals surface area contributed by atoms with Crippen molar-refractivity contribution in [3.8, 4) is 11.5 Å². The van der Waals surface area contributed by atoms with Crippen LogP contribution >= 0.6 is 0 Å². The molecule has 2 aliphatic rings. The molecule has 1 unspecified atom stereocenters. The molecule has 3 rings (SSSR count). The maximum Gasteiger partial charge on any atom is 0.194 e. The fraction of sp³-hybridized carbons (Fsp3) is 0.696. The van der Waals surface area contributed by atoms with Crippen molar-refractivity contribution in [3.05, 3.63) is 23.8 Å². The molecule has 1 aliphatic heterocycles. The lowest BCUT2D eigenvalue weighted by molar-refractivity contribution is 0.114. The highest BCUT2D eigenvalue weighted by Gasteiger charge is 2.25. The van der Waals surface area contributed by atoms with Crippen molar-refractivity contribution >= 4 is 5.96 Å². The molecule has 1 aromatic carbocycles. The van der Waals surface area contributed by atoms with Crippen molar-refractivity contribution in [2.24, 2.45) is 10.9 Å². The van der Waals surface area contributed by atoms with E-state index in [1.807, 2.05) is 12.1 Å². The molecule has 0 spiro atoms. The summed E-state index contributed by atoms with van der Waals surface area (Å²) in [7, 11) is 1.70. The van der Waals surface area contributed by atoms with Crippen LogP contribution in [-0.2, 0) is 11.3 Å². The van der Waals surface area contributed by atoms with Gasteiger partial charge in [0.05, 0.1) is 26.4 Å². The molecule has 1 saturated carbocycles. The summed E-state index contributed by atoms with van der Waals surface area (Å²) in [5.41, 5.74) is 1.11. The van der Waals surface area contributed by atoms with Gasteiger partial charge in [-0.05, 0) is 58.1 Å². The lowest BCUT2D eigenvalue weighted by Gasteiger charge is -2.22. The Kier molecular flexibility index (Phi) is 8.47. The molecule has 6 nitrogen and oxygen atoms in total. The zero-order valence-corrected chi connectivity index (χ0v) is 18.3. The number of rotatable bonds is 9. The first-order valence-electron chi connectivity index (χ1n) is 11.2. The molecule has 0 bridgehead atoms. The third-order valence-corrected chi connectivity index (χ3v) is 5.75. The monoisotopic (exact) mass is 403 g/mol. The second kappa shape index (κ2) is 11.3. The molecule has 1 atom stereocenters. The van der Waals surface area contributed by atoms with Crippen LogP contribution in [0.2, 0.25) is 0 Å². The SMILES string of the molecule is CCNC(=NCc1ccc(OC)cc1OC1CCCC1)N1CCC(COCC)C1. The molecule has 2 fully saturated rings. The van der Waals surface area contributed by atoms with Crippen LogP contribution in [0.1, 0.15) is 51.5 Å². The van der Waals surface area contributed by atoms with Gasteiger partial charge in [-0.2, -0.15) is 0 Å². The number of hydrogen-bond acceptors (Lipinski definition) is 4. The normalized spacial score (nSPS) is 20.3. The highest BCUT2D eigenvalue weighted by Crippen LogP contribution is 2.30. The lowest BCUT2D eigenvalue weighted by Crippen LogP contribution is -2.40. The van der Waals surface area contributed by atoms with E-state index >= 15 is 0 Å². The number of hydrogen-bond donors (Lipinski definition) is 1. The van der Waals surface area contributed by atoms with E-state index in [0.717, 1.165) is 75.1 Å². The van der Waals surface area contributed by atoms with Gasteiger partial charge in [0.25, 0.3) is 0 Å². The number of nitrogens with one attached hydrogen (secondary N) is 1. The van der Waals surface area contributed by atoms with E-state index in [2.05, 4.69) is 30.1 Å². The number of aliphatic imine (C=N–C) groups is 1. The van der Waals surface area contributed by atoms with Gasteiger partial charge in [0, 0.05) is 43.8 Å². The van der Waals surface area contributed by atoms with Gasteiger partial charge in [0.15, 0.2) is 5.96 Å². The molecular weight excluding hydrogens is 366 g/mol. The minimum absolute atomic E-state index is 0.316. The van der Waals surface area contributed by atoms with E-state index in [9.17, 15) is 0 Å². The molecule has 6 heteroatoms. The first-order valence-corrected chi connectivity index (χ1v) is 11.2. The third kappa shape index (κ3) is 6.26. The van der Waals surface area contributed by atoms with Crippen molar-refractivity contribution in [3.63, 3.8) is 0 Å². The number of methoxy groups -OCH3 is 1. The molecular formula is C23H37N3O3. The molecule has 0 amide bonds. The Bertz CT molecular complexity index is 659. The van der Waals surface area contributed by atoms with Crippen molar-refractivity contribution < 1.29 is 14.2 Å². The Morgan fingerprint density at radius 1 is 1.21 bits per heavy atom. The van der Waals surface area contributed by atoms with Gasteiger partial charge < -0.3 is 24.4 Å². The fourth-order valence-electron chi connectivity index (χ4n) is 4.12. The topological polar surface area (TPSA) is 55.3 Å². The van der Waals surface area contributed by atoms with Gasteiger partial charge in [0.2, 0.25) is 0 Å². The van der Waals surface area contributed by atoms with Crippen LogP contribution in [0.3, 0.4) is 0 Å². The Balaban J connectivity index is 1.69. The highest BCUT2D eigenvalue weighted by atomic mass is 16.5. The summed E-state index contributed by atoms with van der Waals surface area (Å²) < 4.78 is 17.4.